The number of nitrogens with zero attached hydrogens (tertiary/aromatic N) is 3. The number of pyridine rings is 1. The van der Waals surface area contributed by atoms with E-state index in [0.29, 0.717) is 27.4 Å². The molecule has 3 rings (SSSR count). The van der Waals surface area contributed by atoms with Crippen molar-refractivity contribution in [2.24, 2.45) is 0 Å². The first-order valence-electron chi connectivity index (χ1n) is 5.52. The number of carboxylic acids is 1. The van der Waals surface area contributed by atoms with Crippen molar-refractivity contribution in [2.45, 2.75) is 0 Å². The quantitative estimate of drug-likeness (QED) is 0.772. The molecule has 2 N–H and O–H groups in total. The molecule has 0 aliphatic rings. The van der Waals surface area contributed by atoms with Gasteiger partial charge in [0.1, 0.15) is 11.0 Å². The molecule has 3 aromatic rings. The second-order valence-electron chi connectivity index (χ2n) is 3.91. The van der Waals surface area contributed by atoms with E-state index in [1.54, 1.807) is 12.1 Å². The number of carbonyl (C=O) groups is 1. The lowest BCUT2D eigenvalue weighted by molar-refractivity contribution is 0.0698. The topological polar surface area (TPSA) is 88.0 Å². The van der Waals surface area contributed by atoms with Gasteiger partial charge >= 0.3 is 5.97 Å². The number of anilines is 2. The minimum atomic E-state index is -1.05. The summed E-state index contributed by atoms with van der Waals surface area (Å²) in [5, 5.41) is 12.6. The number of hydrogen-bond donors (Lipinski definition) is 2. The van der Waals surface area contributed by atoms with E-state index in [4.69, 9.17) is 16.7 Å². The first-order chi connectivity index (χ1) is 9.66. The Kier molecular flexibility index (Phi) is 3.21. The zero-order chi connectivity index (χ0) is 14.1. The number of aromatic carboxylic acids is 1. The fourth-order valence-electron chi connectivity index (χ4n) is 1.76. The van der Waals surface area contributed by atoms with Crippen LogP contribution in [0.1, 0.15) is 10.4 Å². The summed E-state index contributed by atoms with van der Waals surface area (Å²) in [5.74, 6) is -1.05. The van der Waals surface area contributed by atoms with Gasteiger partial charge in [-0.05, 0) is 18.2 Å². The summed E-state index contributed by atoms with van der Waals surface area (Å²) in [4.78, 5) is 15.1. The van der Waals surface area contributed by atoms with Crippen LogP contribution < -0.4 is 5.32 Å². The number of halogens is 1. The molecule has 0 fully saturated rings. The van der Waals surface area contributed by atoms with Gasteiger partial charge in [0, 0.05) is 6.20 Å². The van der Waals surface area contributed by atoms with Crippen LogP contribution in [0, 0.1) is 0 Å². The van der Waals surface area contributed by atoms with Crippen LogP contribution in [-0.4, -0.2) is 24.8 Å². The summed E-state index contributed by atoms with van der Waals surface area (Å²) < 4.78 is 8.29. The highest BCUT2D eigenvalue weighted by Gasteiger charge is 2.14. The molecule has 0 unspecified atom stereocenters. The summed E-state index contributed by atoms with van der Waals surface area (Å²) in [6, 6.07) is 4.86. The van der Waals surface area contributed by atoms with Crippen LogP contribution in [0.25, 0.3) is 11.0 Å². The van der Waals surface area contributed by atoms with Gasteiger partial charge in [-0.15, -0.1) is 0 Å². The van der Waals surface area contributed by atoms with Crippen molar-refractivity contribution in [3.05, 3.63) is 41.2 Å². The molecule has 2 aromatic heterocycles. The second kappa shape index (κ2) is 5.03. The maximum atomic E-state index is 11.2. The Morgan fingerprint density at radius 2 is 2.15 bits per heavy atom. The maximum absolute atomic E-state index is 11.2. The highest BCUT2D eigenvalue weighted by molar-refractivity contribution is 7.00. The SMILES string of the molecule is O=C(O)c1ccncc1Nc1c(Cl)ccc2nsnc12. The van der Waals surface area contributed by atoms with E-state index in [1.807, 2.05) is 0 Å². The van der Waals surface area contributed by atoms with Crippen LogP contribution in [0.3, 0.4) is 0 Å². The Morgan fingerprint density at radius 1 is 1.30 bits per heavy atom. The van der Waals surface area contributed by atoms with E-state index in [0.717, 1.165) is 11.7 Å². The minimum absolute atomic E-state index is 0.108. The van der Waals surface area contributed by atoms with Crippen molar-refractivity contribution in [3.63, 3.8) is 0 Å². The van der Waals surface area contributed by atoms with E-state index in [1.165, 1.54) is 18.5 Å². The largest absolute Gasteiger partial charge is 0.478 e. The highest BCUT2D eigenvalue weighted by Crippen LogP contribution is 2.33. The molecule has 0 bridgehead atoms. The predicted octanol–water partition coefficient (Wildman–Crippen LogP) is 3.18. The number of benzene rings is 1. The molecule has 20 heavy (non-hydrogen) atoms. The molecule has 0 spiro atoms. The monoisotopic (exact) mass is 306 g/mol. The van der Waals surface area contributed by atoms with Crippen LogP contribution in [-0.2, 0) is 0 Å². The molecule has 6 nitrogen and oxygen atoms in total. The average molecular weight is 307 g/mol. The number of carboxylic acid groups (broad SMARTS) is 1. The second-order valence-corrected chi connectivity index (χ2v) is 4.84. The highest BCUT2D eigenvalue weighted by atomic mass is 35.5. The van der Waals surface area contributed by atoms with Crippen molar-refractivity contribution in [3.8, 4) is 0 Å². The zero-order valence-corrected chi connectivity index (χ0v) is 11.4. The van der Waals surface area contributed by atoms with Crippen molar-refractivity contribution < 1.29 is 9.90 Å². The van der Waals surface area contributed by atoms with Crippen molar-refractivity contribution in [1.82, 2.24) is 13.7 Å². The summed E-state index contributed by atoms with van der Waals surface area (Å²) in [6.45, 7) is 0. The third-order valence-electron chi connectivity index (χ3n) is 2.69. The summed E-state index contributed by atoms with van der Waals surface area (Å²) in [5.41, 5.74) is 2.28. The standard InChI is InChI=1S/C12H7ClN4O2S/c13-7-1-2-8-11(17-20-16-8)10(7)15-9-5-14-4-3-6(9)12(18)19/h1-5,15H,(H,18,19). The van der Waals surface area contributed by atoms with Crippen molar-refractivity contribution in [2.75, 3.05) is 5.32 Å². The lowest BCUT2D eigenvalue weighted by Gasteiger charge is -2.10. The van der Waals surface area contributed by atoms with Crippen LogP contribution >= 0.6 is 23.3 Å². The van der Waals surface area contributed by atoms with E-state index in [2.05, 4.69) is 19.0 Å². The van der Waals surface area contributed by atoms with Gasteiger partial charge in [-0.1, -0.05) is 11.6 Å². The predicted molar refractivity (Wildman–Crippen MR) is 76.9 cm³/mol. The van der Waals surface area contributed by atoms with Gasteiger partial charge in [-0.25, -0.2) is 4.79 Å². The molecular formula is C12H7ClN4O2S. The van der Waals surface area contributed by atoms with Gasteiger partial charge in [-0.2, -0.15) is 8.75 Å². The molecule has 100 valence electrons. The molecule has 2 heterocycles. The lowest BCUT2D eigenvalue weighted by atomic mass is 10.2. The molecule has 1 aromatic carbocycles. The number of rotatable bonds is 3. The Bertz CT molecular complexity index is 805. The summed E-state index contributed by atoms with van der Waals surface area (Å²) >= 11 is 7.21. The van der Waals surface area contributed by atoms with Crippen LogP contribution in [0.2, 0.25) is 5.02 Å². The molecule has 0 saturated heterocycles. The van der Waals surface area contributed by atoms with E-state index in [9.17, 15) is 4.79 Å². The Balaban J connectivity index is 2.12. The minimum Gasteiger partial charge on any atom is -0.478 e. The fourth-order valence-corrected chi connectivity index (χ4v) is 2.50. The molecule has 0 aliphatic carbocycles. The molecule has 0 radical (unpaired) electrons. The molecule has 0 atom stereocenters. The molecule has 8 heteroatoms. The summed E-state index contributed by atoms with van der Waals surface area (Å²) in [6.07, 6.45) is 2.85. The van der Waals surface area contributed by atoms with Gasteiger partial charge < -0.3 is 10.4 Å². The van der Waals surface area contributed by atoms with Crippen LogP contribution in [0.5, 0.6) is 0 Å². The maximum Gasteiger partial charge on any atom is 0.337 e. The normalized spacial score (nSPS) is 10.7. The van der Waals surface area contributed by atoms with E-state index >= 15 is 0 Å². The Hall–Kier alpha value is -2.25. The smallest absolute Gasteiger partial charge is 0.337 e. The summed E-state index contributed by atoms with van der Waals surface area (Å²) in [7, 11) is 0. The third-order valence-corrected chi connectivity index (χ3v) is 3.55. The van der Waals surface area contributed by atoms with Crippen LogP contribution in [0.4, 0.5) is 11.4 Å². The average Bonchev–Trinajstić information content (AvgIpc) is 2.91. The van der Waals surface area contributed by atoms with Gasteiger partial charge in [0.05, 0.1) is 39.9 Å². The Labute approximate surface area is 122 Å². The molecular weight excluding hydrogens is 300 g/mol. The van der Waals surface area contributed by atoms with Gasteiger partial charge in [0.15, 0.2) is 0 Å². The number of aromatic nitrogens is 3. The molecule has 0 amide bonds. The first kappa shape index (κ1) is 12.8. The van der Waals surface area contributed by atoms with Gasteiger partial charge in [0.25, 0.3) is 0 Å². The van der Waals surface area contributed by atoms with Gasteiger partial charge in [0.2, 0.25) is 0 Å². The molecule has 0 aliphatic heterocycles. The number of nitrogens with one attached hydrogen (secondary N) is 1. The number of hydrogen-bond acceptors (Lipinski definition) is 6. The Morgan fingerprint density at radius 3 is 2.95 bits per heavy atom. The zero-order valence-electron chi connectivity index (χ0n) is 9.87. The first-order valence-corrected chi connectivity index (χ1v) is 6.63. The molecule has 0 saturated carbocycles. The fraction of sp³-hybridized carbons (Fsp3) is 0. The lowest BCUT2D eigenvalue weighted by Crippen LogP contribution is -2.03. The number of fused-ring (bicyclic) bond motifs is 1. The van der Waals surface area contributed by atoms with Gasteiger partial charge in [-0.3, -0.25) is 4.98 Å². The van der Waals surface area contributed by atoms with E-state index in [-0.39, 0.29) is 5.56 Å². The van der Waals surface area contributed by atoms with Crippen LogP contribution in [0.15, 0.2) is 30.6 Å². The van der Waals surface area contributed by atoms with Crippen molar-refractivity contribution >= 4 is 51.7 Å². The van der Waals surface area contributed by atoms with Crippen molar-refractivity contribution in [1.29, 1.82) is 0 Å². The van der Waals surface area contributed by atoms with E-state index < -0.39 is 5.97 Å². The third kappa shape index (κ3) is 2.17.